The van der Waals surface area contributed by atoms with Crippen molar-refractivity contribution in [3.05, 3.63) is 0 Å². The molecule has 1 saturated heterocycles. The molecule has 1 rings (SSSR count). The van der Waals surface area contributed by atoms with E-state index in [9.17, 15) is 4.21 Å². The molecule has 2 atom stereocenters. The van der Waals surface area contributed by atoms with Crippen molar-refractivity contribution in [2.45, 2.75) is 31.4 Å². The average Bonchev–Trinajstić information content (AvgIpc) is 2.08. The van der Waals surface area contributed by atoms with E-state index in [0.29, 0.717) is 0 Å². The predicted octanol–water partition coefficient (Wildman–Crippen LogP) is 1.22. The fourth-order valence-corrected chi connectivity index (χ4v) is 1.89. The molecule has 1 aliphatic rings. The largest absolute Gasteiger partial charge is 0.359 e. The number of hydrogen-bond donors (Lipinski definition) is 1. The smallest absolute Gasteiger partial charge is 0.0958 e. The van der Waals surface area contributed by atoms with Crippen LogP contribution in [0.4, 0.5) is 0 Å². The fraction of sp³-hybridized carbons (Fsp3) is 0.889. The van der Waals surface area contributed by atoms with Crippen molar-refractivity contribution in [2.24, 2.45) is 0 Å². The van der Waals surface area contributed by atoms with Gasteiger partial charge in [-0.2, -0.15) is 0 Å². The van der Waals surface area contributed by atoms with Gasteiger partial charge in [-0.15, -0.1) is 0 Å². The van der Waals surface area contributed by atoms with Crippen molar-refractivity contribution in [1.29, 1.82) is 5.41 Å². The molecule has 0 saturated carbocycles. The van der Waals surface area contributed by atoms with Crippen molar-refractivity contribution < 1.29 is 4.21 Å². The van der Waals surface area contributed by atoms with Crippen LogP contribution in [0.2, 0.25) is 0 Å². The van der Waals surface area contributed by atoms with E-state index in [0.717, 1.165) is 31.8 Å². The summed E-state index contributed by atoms with van der Waals surface area (Å²) in [6.45, 7) is 3.74. The molecule has 0 amide bonds. The summed E-state index contributed by atoms with van der Waals surface area (Å²) in [5.74, 6) is 0.726. The predicted molar refractivity (Wildman–Crippen MR) is 56.7 cm³/mol. The monoisotopic (exact) mass is 202 g/mol. The molecule has 2 unspecified atom stereocenters. The molecule has 1 fully saturated rings. The minimum absolute atomic E-state index is 0.179. The highest BCUT2D eigenvalue weighted by molar-refractivity contribution is 7.84. The molecule has 0 aliphatic carbocycles. The van der Waals surface area contributed by atoms with Crippen molar-refractivity contribution >= 4 is 16.6 Å². The topological polar surface area (TPSA) is 44.2 Å². The summed E-state index contributed by atoms with van der Waals surface area (Å²) in [4.78, 5) is 2.07. The number of nitrogens with zero attached hydrogens (tertiary/aromatic N) is 1. The maximum Gasteiger partial charge on any atom is 0.0958 e. The zero-order valence-corrected chi connectivity index (χ0v) is 9.19. The first-order chi connectivity index (χ1) is 6.11. The lowest BCUT2D eigenvalue weighted by atomic mass is 10.1. The third-order valence-corrected chi connectivity index (χ3v) is 3.80. The zero-order chi connectivity index (χ0) is 9.84. The van der Waals surface area contributed by atoms with E-state index in [2.05, 4.69) is 4.90 Å². The summed E-state index contributed by atoms with van der Waals surface area (Å²) < 4.78 is 11.1. The highest BCUT2D eigenvalue weighted by Gasteiger charge is 2.18. The minimum Gasteiger partial charge on any atom is -0.359 e. The van der Waals surface area contributed by atoms with Gasteiger partial charge in [0.15, 0.2) is 0 Å². The number of hydrogen-bond acceptors (Lipinski definition) is 2. The standard InChI is InChI=1S/C9H18N2OS/c1-8(13(2)12)7-11-6-4-3-5-9(11)10/h8,10H,3-7H2,1-2H3. The molecule has 13 heavy (non-hydrogen) atoms. The lowest BCUT2D eigenvalue weighted by molar-refractivity contribution is 0.369. The Morgan fingerprint density at radius 3 is 2.85 bits per heavy atom. The Morgan fingerprint density at radius 2 is 2.31 bits per heavy atom. The van der Waals surface area contributed by atoms with E-state index in [-0.39, 0.29) is 5.25 Å². The van der Waals surface area contributed by atoms with Crippen molar-refractivity contribution in [3.63, 3.8) is 0 Å². The summed E-state index contributed by atoms with van der Waals surface area (Å²) >= 11 is 0. The van der Waals surface area contributed by atoms with Gasteiger partial charge < -0.3 is 4.90 Å². The summed E-state index contributed by atoms with van der Waals surface area (Å²) in [6.07, 6.45) is 4.94. The molecule has 0 radical (unpaired) electrons. The van der Waals surface area contributed by atoms with E-state index in [1.807, 2.05) is 6.92 Å². The van der Waals surface area contributed by atoms with Gasteiger partial charge in [0.05, 0.1) is 5.84 Å². The summed E-state index contributed by atoms with van der Waals surface area (Å²) in [6, 6.07) is 0. The van der Waals surface area contributed by atoms with Crippen molar-refractivity contribution in [1.82, 2.24) is 4.90 Å². The fourth-order valence-electron chi connectivity index (χ4n) is 1.50. The number of likely N-dealkylation sites (tertiary alicyclic amines) is 1. The molecule has 76 valence electrons. The molecule has 1 N–H and O–H groups in total. The highest BCUT2D eigenvalue weighted by atomic mass is 32.2. The molecule has 0 aromatic rings. The molecule has 4 heteroatoms. The molecule has 3 nitrogen and oxygen atoms in total. The van der Waals surface area contributed by atoms with Crippen LogP contribution in [0.25, 0.3) is 0 Å². The first-order valence-corrected chi connectivity index (χ1v) is 6.38. The Kier molecular flexibility index (Phi) is 3.90. The van der Waals surface area contributed by atoms with Gasteiger partial charge in [0.25, 0.3) is 0 Å². The second-order valence-corrected chi connectivity index (χ2v) is 5.46. The summed E-state index contributed by atoms with van der Waals surface area (Å²) in [5, 5.41) is 7.89. The highest BCUT2D eigenvalue weighted by Crippen LogP contribution is 2.11. The van der Waals surface area contributed by atoms with Gasteiger partial charge in [0.2, 0.25) is 0 Å². The van der Waals surface area contributed by atoms with Crippen LogP contribution in [0.5, 0.6) is 0 Å². The Hall–Kier alpha value is -0.380. The second-order valence-electron chi connectivity index (χ2n) is 3.66. The van der Waals surface area contributed by atoms with Crippen LogP contribution < -0.4 is 0 Å². The molecule has 0 aromatic carbocycles. The first-order valence-electron chi connectivity index (χ1n) is 4.76. The van der Waals surface area contributed by atoms with Crippen LogP contribution in [-0.2, 0) is 10.8 Å². The molecular formula is C9H18N2OS. The molecule has 1 aliphatic heterocycles. The summed E-state index contributed by atoms with van der Waals surface area (Å²) in [7, 11) is -0.765. The van der Waals surface area contributed by atoms with Gasteiger partial charge in [-0.3, -0.25) is 9.62 Å². The minimum atomic E-state index is -0.765. The van der Waals surface area contributed by atoms with E-state index < -0.39 is 10.8 Å². The number of rotatable bonds is 3. The van der Waals surface area contributed by atoms with Gasteiger partial charge in [-0.05, 0) is 19.8 Å². The number of amidine groups is 1. The molecule has 1 heterocycles. The van der Waals surface area contributed by atoms with E-state index >= 15 is 0 Å². The Labute approximate surface area is 82.5 Å². The van der Waals surface area contributed by atoms with E-state index in [1.165, 1.54) is 6.42 Å². The second kappa shape index (κ2) is 4.74. The normalized spacial score (nSPS) is 22.9. The van der Waals surface area contributed by atoms with Crippen LogP contribution in [0.1, 0.15) is 26.2 Å². The molecule has 0 spiro atoms. The Bertz CT molecular complexity index is 218. The van der Waals surface area contributed by atoms with Crippen molar-refractivity contribution in [3.8, 4) is 0 Å². The van der Waals surface area contributed by atoms with Crippen LogP contribution in [0.3, 0.4) is 0 Å². The summed E-state index contributed by atoms with van der Waals surface area (Å²) in [5.41, 5.74) is 0. The van der Waals surface area contributed by atoms with Crippen LogP contribution in [0.15, 0.2) is 0 Å². The van der Waals surface area contributed by atoms with Gasteiger partial charge >= 0.3 is 0 Å². The third-order valence-electron chi connectivity index (χ3n) is 2.52. The van der Waals surface area contributed by atoms with Gasteiger partial charge in [0, 0.05) is 41.8 Å². The SMILES string of the molecule is CC(CN1CCCCC1=N)S(C)=O. The molecule has 0 bridgehead atoms. The Morgan fingerprint density at radius 1 is 1.62 bits per heavy atom. The van der Waals surface area contributed by atoms with Crippen LogP contribution in [0, 0.1) is 5.41 Å². The van der Waals surface area contributed by atoms with Gasteiger partial charge in [-0.25, -0.2) is 0 Å². The zero-order valence-electron chi connectivity index (χ0n) is 8.38. The van der Waals surface area contributed by atoms with Crippen LogP contribution >= 0.6 is 0 Å². The quantitative estimate of drug-likeness (QED) is 0.748. The molecule has 0 aromatic heterocycles. The van der Waals surface area contributed by atoms with Gasteiger partial charge in [-0.1, -0.05) is 0 Å². The molecular weight excluding hydrogens is 184 g/mol. The van der Waals surface area contributed by atoms with Crippen molar-refractivity contribution in [2.75, 3.05) is 19.3 Å². The lowest BCUT2D eigenvalue weighted by Gasteiger charge is -2.30. The Balaban J connectivity index is 2.42. The van der Waals surface area contributed by atoms with Gasteiger partial charge in [0.1, 0.15) is 0 Å². The van der Waals surface area contributed by atoms with Crippen LogP contribution in [-0.4, -0.2) is 39.5 Å². The van der Waals surface area contributed by atoms with E-state index in [4.69, 9.17) is 5.41 Å². The first kappa shape index (κ1) is 10.7. The van der Waals surface area contributed by atoms with E-state index in [1.54, 1.807) is 6.26 Å². The number of nitrogens with one attached hydrogen (secondary N) is 1. The maximum atomic E-state index is 11.1. The lowest BCUT2D eigenvalue weighted by Crippen LogP contribution is -2.40. The third kappa shape index (κ3) is 3.10. The number of piperidine rings is 1. The maximum absolute atomic E-state index is 11.1. The average molecular weight is 202 g/mol.